The molecule has 5 heteroatoms. The molecule has 0 saturated heterocycles. The first kappa shape index (κ1) is 9.89. The average Bonchev–Trinajstić information content (AvgIpc) is 2.84. The van der Waals surface area contributed by atoms with Crippen LogP contribution in [-0.4, -0.2) is 14.8 Å². The van der Waals surface area contributed by atoms with Crippen molar-refractivity contribution >= 4 is 16.6 Å². The van der Waals surface area contributed by atoms with E-state index >= 15 is 0 Å². The largest absolute Gasteiger partial charge is 0.396 e. The van der Waals surface area contributed by atoms with Crippen LogP contribution in [0.15, 0.2) is 30.6 Å². The zero-order chi connectivity index (χ0) is 12.0. The molecule has 0 unspecified atom stereocenters. The number of nitrogens with two attached hydrogens (primary N) is 1. The number of anilines is 1. The molecule has 0 atom stereocenters. The zero-order valence-corrected chi connectivity index (χ0v) is 9.24. The van der Waals surface area contributed by atoms with Gasteiger partial charge in [0.15, 0.2) is 0 Å². The average molecular weight is 230 g/mol. The highest BCUT2D eigenvalue weighted by atomic mass is 19.1. The predicted molar refractivity (Wildman–Crippen MR) is 64.9 cm³/mol. The van der Waals surface area contributed by atoms with Gasteiger partial charge in [0.1, 0.15) is 5.82 Å². The van der Waals surface area contributed by atoms with Crippen LogP contribution >= 0.6 is 0 Å². The van der Waals surface area contributed by atoms with Gasteiger partial charge in [0, 0.05) is 24.2 Å². The van der Waals surface area contributed by atoms with Gasteiger partial charge in [0.05, 0.1) is 23.1 Å². The van der Waals surface area contributed by atoms with E-state index in [2.05, 4.69) is 10.2 Å². The molecule has 2 heterocycles. The summed E-state index contributed by atoms with van der Waals surface area (Å²) < 4.78 is 15.5. The molecule has 3 rings (SSSR count). The molecular weight excluding hydrogens is 219 g/mol. The maximum atomic E-state index is 13.7. The number of hydrogen-bond acceptors (Lipinski definition) is 2. The minimum Gasteiger partial charge on any atom is -0.396 e. The Hall–Kier alpha value is -2.30. The number of aromatic nitrogens is 3. The number of hydrogen-bond donors (Lipinski definition) is 2. The monoisotopic (exact) mass is 230 g/mol. The van der Waals surface area contributed by atoms with E-state index in [4.69, 9.17) is 5.73 Å². The Morgan fingerprint density at radius 1 is 1.41 bits per heavy atom. The fourth-order valence-electron chi connectivity index (χ4n) is 2.13. The number of para-hydroxylation sites is 1. The van der Waals surface area contributed by atoms with Gasteiger partial charge in [-0.3, -0.25) is 5.10 Å². The minimum absolute atomic E-state index is 0.241. The number of aryl methyl sites for hydroxylation is 1. The van der Waals surface area contributed by atoms with Crippen molar-refractivity contribution in [2.75, 3.05) is 5.73 Å². The normalized spacial score (nSPS) is 11.2. The lowest BCUT2D eigenvalue weighted by molar-refractivity contribution is 0.632. The van der Waals surface area contributed by atoms with E-state index in [0.717, 1.165) is 16.6 Å². The molecule has 0 radical (unpaired) electrons. The van der Waals surface area contributed by atoms with Crippen LogP contribution in [0.1, 0.15) is 0 Å². The fraction of sp³-hybridized carbons (Fsp3) is 0.0833. The topological polar surface area (TPSA) is 59.6 Å². The van der Waals surface area contributed by atoms with Gasteiger partial charge in [-0.1, -0.05) is 12.1 Å². The van der Waals surface area contributed by atoms with Crippen molar-refractivity contribution in [3.63, 3.8) is 0 Å². The molecule has 3 N–H and O–H groups in total. The Kier molecular flexibility index (Phi) is 1.95. The molecule has 0 aliphatic rings. The van der Waals surface area contributed by atoms with Crippen LogP contribution in [-0.2, 0) is 7.05 Å². The number of fused-ring (bicyclic) bond motifs is 1. The van der Waals surface area contributed by atoms with E-state index in [1.807, 2.05) is 19.3 Å². The van der Waals surface area contributed by atoms with Gasteiger partial charge in [-0.05, 0) is 6.07 Å². The first-order valence-corrected chi connectivity index (χ1v) is 5.21. The first-order valence-electron chi connectivity index (χ1n) is 5.21. The van der Waals surface area contributed by atoms with Crippen LogP contribution < -0.4 is 5.73 Å². The van der Waals surface area contributed by atoms with Crippen LogP contribution in [0.5, 0.6) is 0 Å². The molecule has 0 aliphatic carbocycles. The van der Waals surface area contributed by atoms with E-state index in [0.29, 0.717) is 11.2 Å². The molecule has 2 aromatic heterocycles. The molecule has 0 aliphatic heterocycles. The molecule has 86 valence electrons. The molecule has 17 heavy (non-hydrogen) atoms. The van der Waals surface area contributed by atoms with E-state index in [-0.39, 0.29) is 5.82 Å². The summed E-state index contributed by atoms with van der Waals surface area (Å²) in [6.07, 6.45) is 3.39. The highest BCUT2D eigenvalue weighted by molar-refractivity contribution is 5.97. The van der Waals surface area contributed by atoms with E-state index < -0.39 is 0 Å². The second-order valence-corrected chi connectivity index (χ2v) is 3.99. The van der Waals surface area contributed by atoms with Crippen molar-refractivity contribution in [2.45, 2.75) is 0 Å². The lowest BCUT2D eigenvalue weighted by Gasteiger charge is -1.98. The molecule has 0 saturated carbocycles. The molecule has 0 amide bonds. The quantitative estimate of drug-likeness (QED) is 0.673. The number of rotatable bonds is 1. The molecule has 4 nitrogen and oxygen atoms in total. The highest BCUT2D eigenvalue weighted by Gasteiger charge is 2.14. The number of nitrogens with one attached hydrogen (secondary N) is 1. The van der Waals surface area contributed by atoms with Crippen molar-refractivity contribution in [1.82, 2.24) is 14.8 Å². The predicted octanol–water partition coefficient (Wildman–Crippen LogP) is 2.29. The summed E-state index contributed by atoms with van der Waals surface area (Å²) in [4.78, 5) is 0. The van der Waals surface area contributed by atoms with E-state index in [1.54, 1.807) is 16.8 Å². The summed E-state index contributed by atoms with van der Waals surface area (Å²) in [7, 11) is 1.81. The van der Waals surface area contributed by atoms with Crippen LogP contribution in [0.4, 0.5) is 10.1 Å². The molecule has 0 fully saturated rings. The Balaban J connectivity index is 2.40. The highest BCUT2D eigenvalue weighted by Crippen LogP contribution is 2.32. The third-order valence-corrected chi connectivity index (χ3v) is 2.89. The maximum Gasteiger partial charge on any atom is 0.147 e. The molecule has 3 aromatic rings. The second-order valence-electron chi connectivity index (χ2n) is 3.99. The first-order chi connectivity index (χ1) is 8.18. The molecule has 0 bridgehead atoms. The Bertz CT molecular complexity index is 696. The second kappa shape index (κ2) is 3.35. The number of aromatic amines is 1. The van der Waals surface area contributed by atoms with Gasteiger partial charge in [-0.2, -0.15) is 5.10 Å². The summed E-state index contributed by atoms with van der Waals surface area (Å²) in [6.45, 7) is 0. The van der Waals surface area contributed by atoms with E-state index in [9.17, 15) is 4.39 Å². The summed E-state index contributed by atoms with van der Waals surface area (Å²) in [5.74, 6) is -0.241. The molecule has 1 aromatic carbocycles. The van der Waals surface area contributed by atoms with Crippen LogP contribution in [0.25, 0.3) is 22.2 Å². The summed E-state index contributed by atoms with van der Waals surface area (Å²) >= 11 is 0. The third-order valence-electron chi connectivity index (χ3n) is 2.89. The lowest BCUT2D eigenvalue weighted by Crippen LogP contribution is -1.86. The standard InChI is InChI=1S/C12H11FN4/c1-17-6-8(11-10(14)5-15-16-11)7-3-2-4-9(13)12(7)17/h2-6H,14H2,1H3,(H,15,16). The van der Waals surface area contributed by atoms with Gasteiger partial charge in [-0.15, -0.1) is 0 Å². The number of benzene rings is 1. The van der Waals surface area contributed by atoms with Crippen molar-refractivity contribution in [3.05, 3.63) is 36.4 Å². The number of nitrogen functional groups attached to an aromatic ring is 1. The van der Waals surface area contributed by atoms with Crippen molar-refractivity contribution in [2.24, 2.45) is 7.05 Å². The fourth-order valence-corrected chi connectivity index (χ4v) is 2.13. The van der Waals surface area contributed by atoms with Crippen LogP contribution in [0, 0.1) is 5.82 Å². The summed E-state index contributed by atoms with van der Waals surface area (Å²) in [6, 6.07) is 5.00. The lowest BCUT2D eigenvalue weighted by atomic mass is 10.1. The van der Waals surface area contributed by atoms with Crippen LogP contribution in [0.2, 0.25) is 0 Å². The smallest absolute Gasteiger partial charge is 0.147 e. The Morgan fingerprint density at radius 3 is 2.94 bits per heavy atom. The SMILES string of the molecule is Cn1cc(-c2[nH]ncc2N)c2cccc(F)c21. The summed E-state index contributed by atoms with van der Waals surface area (Å²) in [5, 5.41) is 7.54. The number of halogens is 1. The third kappa shape index (κ3) is 1.32. The van der Waals surface area contributed by atoms with Gasteiger partial charge < -0.3 is 10.3 Å². The van der Waals surface area contributed by atoms with Crippen LogP contribution in [0.3, 0.4) is 0 Å². The van der Waals surface area contributed by atoms with Crippen molar-refractivity contribution in [1.29, 1.82) is 0 Å². The Labute approximate surface area is 96.9 Å². The van der Waals surface area contributed by atoms with Gasteiger partial charge in [0.2, 0.25) is 0 Å². The summed E-state index contributed by atoms with van der Waals surface area (Å²) in [5.41, 5.74) is 8.52. The number of H-pyrrole nitrogens is 1. The maximum absolute atomic E-state index is 13.7. The van der Waals surface area contributed by atoms with Gasteiger partial charge in [-0.25, -0.2) is 4.39 Å². The van der Waals surface area contributed by atoms with Gasteiger partial charge >= 0.3 is 0 Å². The minimum atomic E-state index is -0.241. The Morgan fingerprint density at radius 2 is 2.24 bits per heavy atom. The van der Waals surface area contributed by atoms with E-state index in [1.165, 1.54) is 6.07 Å². The zero-order valence-electron chi connectivity index (χ0n) is 9.24. The number of nitrogens with zero attached hydrogens (tertiary/aromatic N) is 2. The molecule has 0 spiro atoms. The van der Waals surface area contributed by atoms with Gasteiger partial charge in [0.25, 0.3) is 0 Å². The van der Waals surface area contributed by atoms with Crippen molar-refractivity contribution < 1.29 is 4.39 Å². The van der Waals surface area contributed by atoms with Crippen molar-refractivity contribution in [3.8, 4) is 11.3 Å². The molecular formula is C12H11FN4.